The van der Waals surface area contributed by atoms with Crippen molar-refractivity contribution in [2.45, 2.75) is 19.6 Å². The standard InChI is InChI=1S/C36H26Cl4N2O5S/c1-3-46-35(44)30-31(21-7-5-4-6-8-21)41-36-42(32(30)22-9-12-24(37)13-10-22)34(43)29(48-36)17-20-15-27(40)33(28(16-20)45-2)47-19-23-11-14-25(38)18-26(23)39/h4-18,32H,3,19H2,1-2H3/b29-17-/t32-/m1/s1. The van der Waals surface area contributed by atoms with E-state index in [9.17, 15) is 9.59 Å². The zero-order valence-corrected chi connectivity index (χ0v) is 29.3. The third-order valence-corrected chi connectivity index (χ3v) is 9.60. The fourth-order valence-corrected chi connectivity index (χ4v) is 7.17. The number of aromatic nitrogens is 1. The van der Waals surface area contributed by atoms with Crippen LogP contribution in [0, 0.1) is 0 Å². The summed E-state index contributed by atoms with van der Waals surface area (Å²) in [6.45, 7) is 2.01. The number of esters is 1. The summed E-state index contributed by atoms with van der Waals surface area (Å²) in [7, 11) is 1.50. The lowest BCUT2D eigenvalue weighted by Crippen LogP contribution is -2.40. The Kier molecular flexibility index (Phi) is 10.3. The minimum atomic E-state index is -0.830. The van der Waals surface area contributed by atoms with E-state index in [0.29, 0.717) is 58.3 Å². The van der Waals surface area contributed by atoms with Gasteiger partial charge in [0, 0.05) is 26.2 Å². The molecule has 5 aromatic rings. The highest BCUT2D eigenvalue weighted by Gasteiger charge is 2.35. The Balaban J connectivity index is 1.48. The second kappa shape index (κ2) is 14.6. The lowest BCUT2D eigenvalue weighted by molar-refractivity contribution is -0.138. The lowest BCUT2D eigenvalue weighted by atomic mass is 9.93. The summed E-state index contributed by atoms with van der Waals surface area (Å²) >= 11 is 26.5. The molecule has 0 N–H and O–H groups in total. The van der Waals surface area contributed by atoms with Crippen LogP contribution in [0.15, 0.2) is 100 Å². The van der Waals surface area contributed by atoms with Crippen LogP contribution in [-0.2, 0) is 16.1 Å². The molecule has 0 unspecified atom stereocenters. The molecule has 7 nitrogen and oxygen atoms in total. The summed E-state index contributed by atoms with van der Waals surface area (Å²) in [4.78, 5) is 33.1. The lowest BCUT2D eigenvalue weighted by Gasteiger charge is -2.25. The largest absolute Gasteiger partial charge is 0.493 e. The Bertz CT molecular complexity index is 2230. The highest BCUT2D eigenvalue weighted by atomic mass is 35.5. The molecule has 0 amide bonds. The number of methoxy groups -OCH3 is 1. The maximum atomic E-state index is 14.2. The van der Waals surface area contributed by atoms with Crippen molar-refractivity contribution in [1.82, 2.24) is 4.57 Å². The van der Waals surface area contributed by atoms with Crippen molar-refractivity contribution in [3.05, 3.63) is 153 Å². The van der Waals surface area contributed by atoms with E-state index in [1.54, 1.807) is 67.6 Å². The van der Waals surface area contributed by atoms with E-state index in [1.807, 2.05) is 30.3 Å². The zero-order chi connectivity index (χ0) is 33.9. The molecule has 1 aliphatic rings. The molecule has 0 bridgehead atoms. The number of nitrogens with zero attached hydrogens (tertiary/aromatic N) is 2. The van der Waals surface area contributed by atoms with Crippen molar-refractivity contribution in [1.29, 1.82) is 0 Å². The van der Waals surface area contributed by atoms with E-state index in [1.165, 1.54) is 23.0 Å². The van der Waals surface area contributed by atoms with Crippen molar-refractivity contribution >= 4 is 75.5 Å². The summed E-state index contributed by atoms with van der Waals surface area (Å²) in [6, 6.07) is 24.0. The van der Waals surface area contributed by atoms with E-state index in [0.717, 1.165) is 5.56 Å². The van der Waals surface area contributed by atoms with Gasteiger partial charge < -0.3 is 14.2 Å². The molecule has 0 radical (unpaired) electrons. The molecule has 1 aliphatic heterocycles. The third-order valence-electron chi connectivity index (χ3n) is 7.50. The number of hydrogen-bond donors (Lipinski definition) is 0. The fourth-order valence-electron chi connectivity index (χ4n) is 5.30. The van der Waals surface area contributed by atoms with Gasteiger partial charge in [0.2, 0.25) is 0 Å². The first-order valence-corrected chi connectivity index (χ1v) is 17.0. The molecule has 0 aliphatic carbocycles. The first-order valence-electron chi connectivity index (χ1n) is 14.7. The van der Waals surface area contributed by atoms with E-state index in [-0.39, 0.29) is 29.4 Å². The molecule has 1 aromatic heterocycles. The van der Waals surface area contributed by atoms with E-state index >= 15 is 0 Å². The molecule has 12 heteroatoms. The van der Waals surface area contributed by atoms with E-state index in [4.69, 9.17) is 65.6 Å². The molecule has 0 spiro atoms. The molecule has 0 saturated heterocycles. The number of carbonyl (C=O) groups is 1. The van der Waals surface area contributed by atoms with Gasteiger partial charge >= 0.3 is 5.97 Å². The van der Waals surface area contributed by atoms with Crippen LogP contribution >= 0.6 is 57.7 Å². The number of halogens is 4. The number of fused-ring (bicyclic) bond motifs is 1. The summed E-state index contributed by atoms with van der Waals surface area (Å²) < 4.78 is 19.0. The van der Waals surface area contributed by atoms with Crippen LogP contribution in [0.5, 0.6) is 11.5 Å². The maximum Gasteiger partial charge on any atom is 0.338 e. The first kappa shape index (κ1) is 33.8. The van der Waals surface area contributed by atoms with Crippen molar-refractivity contribution in [3.8, 4) is 11.5 Å². The zero-order valence-electron chi connectivity index (χ0n) is 25.5. The van der Waals surface area contributed by atoms with Crippen LogP contribution in [-0.4, -0.2) is 24.3 Å². The molecule has 2 heterocycles. The average Bonchev–Trinajstić information content (AvgIpc) is 3.38. The number of benzene rings is 4. The van der Waals surface area contributed by atoms with Crippen LogP contribution < -0.4 is 24.4 Å². The normalized spacial score (nSPS) is 14.4. The molecule has 4 aromatic carbocycles. The van der Waals surface area contributed by atoms with Gasteiger partial charge in [-0.05, 0) is 60.5 Å². The smallest absolute Gasteiger partial charge is 0.338 e. The molecular formula is C36H26Cl4N2O5S. The first-order chi connectivity index (χ1) is 23.2. The van der Waals surface area contributed by atoms with E-state index in [2.05, 4.69) is 0 Å². The highest BCUT2D eigenvalue weighted by Crippen LogP contribution is 2.38. The van der Waals surface area contributed by atoms with Gasteiger partial charge in [-0.25, -0.2) is 9.79 Å². The quantitative estimate of drug-likeness (QED) is 0.143. The maximum absolute atomic E-state index is 14.2. The second-order valence-electron chi connectivity index (χ2n) is 10.5. The summed E-state index contributed by atoms with van der Waals surface area (Å²) in [6.07, 6.45) is 1.70. The Morgan fingerprint density at radius 1 is 0.938 bits per heavy atom. The minimum Gasteiger partial charge on any atom is -0.493 e. The summed E-state index contributed by atoms with van der Waals surface area (Å²) in [5, 5.41) is 1.77. The molecular weight excluding hydrogens is 714 g/mol. The van der Waals surface area contributed by atoms with Crippen molar-refractivity contribution in [3.63, 3.8) is 0 Å². The highest BCUT2D eigenvalue weighted by molar-refractivity contribution is 7.07. The van der Waals surface area contributed by atoms with E-state index < -0.39 is 12.0 Å². The molecule has 0 saturated carbocycles. The average molecular weight is 740 g/mol. The predicted molar refractivity (Wildman–Crippen MR) is 191 cm³/mol. The third kappa shape index (κ3) is 6.90. The van der Waals surface area contributed by atoms with Crippen LogP contribution in [0.4, 0.5) is 0 Å². The monoisotopic (exact) mass is 738 g/mol. The number of rotatable bonds is 9. The summed E-state index contributed by atoms with van der Waals surface area (Å²) in [5.74, 6) is 0.112. The van der Waals surface area contributed by atoms with Gasteiger partial charge in [-0.2, -0.15) is 0 Å². The van der Waals surface area contributed by atoms with Crippen LogP contribution in [0.2, 0.25) is 20.1 Å². The predicted octanol–water partition coefficient (Wildman–Crippen LogP) is 8.14. The van der Waals surface area contributed by atoms with Crippen LogP contribution in [0.3, 0.4) is 0 Å². The van der Waals surface area contributed by atoms with Crippen LogP contribution in [0.1, 0.15) is 35.2 Å². The minimum absolute atomic E-state index is 0.126. The molecule has 6 rings (SSSR count). The Morgan fingerprint density at radius 3 is 2.35 bits per heavy atom. The number of thiazole rings is 1. The van der Waals surface area contributed by atoms with Gasteiger partial charge in [-0.15, -0.1) is 0 Å². The SMILES string of the molecule is CCOC(=O)C1=C(c2ccccc2)N=c2s/c(=C\c3cc(Cl)c(OCc4ccc(Cl)cc4Cl)c(OC)c3)c(=O)n2[C@@H]1c1ccc(Cl)cc1. The molecule has 244 valence electrons. The Morgan fingerprint density at radius 2 is 1.67 bits per heavy atom. The summed E-state index contributed by atoms with van der Waals surface area (Å²) in [5.41, 5.74) is 3.02. The second-order valence-corrected chi connectivity index (χ2v) is 13.2. The molecule has 1 atom stereocenters. The molecule has 48 heavy (non-hydrogen) atoms. The molecule has 0 fully saturated rings. The van der Waals surface area contributed by atoms with Crippen molar-refractivity contribution < 1.29 is 19.0 Å². The Labute approximate surface area is 299 Å². The van der Waals surface area contributed by atoms with Crippen molar-refractivity contribution in [2.75, 3.05) is 13.7 Å². The van der Waals surface area contributed by atoms with Gasteiger partial charge in [0.05, 0.1) is 40.6 Å². The van der Waals surface area contributed by atoms with Gasteiger partial charge in [0.25, 0.3) is 5.56 Å². The van der Waals surface area contributed by atoms with Gasteiger partial charge in [0.15, 0.2) is 16.3 Å². The van der Waals surface area contributed by atoms with Crippen LogP contribution in [0.25, 0.3) is 11.8 Å². The number of hydrogen-bond acceptors (Lipinski definition) is 7. The van der Waals surface area contributed by atoms with Gasteiger partial charge in [-0.1, -0.05) is 106 Å². The number of ether oxygens (including phenoxy) is 3. The fraction of sp³-hybridized carbons (Fsp3) is 0.139. The Hall–Kier alpha value is -4.05. The van der Waals surface area contributed by atoms with Gasteiger partial charge in [-0.3, -0.25) is 9.36 Å². The van der Waals surface area contributed by atoms with Gasteiger partial charge in [0.1, 0.15) is 6.61 Å². The van der Waals surface area contributed by atoms with Crippen molar-refractivity contribution in [2.24, 2.45) is 4.99 Å². The number of carbonyl (C=O) groups excluding carboxylic acids is 1. The topological polar surface area (TPSA) is 79.1 Å².